The fourth-order valence-corrected chi connectivity index (χ4v) is 2.19. The molecule has 2 atom stereocenters. The van der Waals surface area contributed by atoms with Gasteiger partial charge in [-0.15, -0.1) is 0 Å². The first-order valence-corrected chi connectivity index (χ1v) is 8.28. The third-order valence-electron chi connectivity index (χ3n) is 3.26. The van der Waals surface area contributed by atoms with Gasteiger partial charge in [0.15, 0.2) is 0 Å². The van der Waals surface area contributed by atoms with E-state index in [1.54, 1.807) is 7.05 Å². The summed E-state index contributed by atoms with van der Waals surface area (Å²) in [6.45, 7) is 13.0. The average Bonchev–Trinajstić information content (AvgIpc) is 2.56. The van der Waals surface area contributed by atoms with Gasteiger partial charge in [0.1, 0.15) is 0 Å². The van der Waals surface area contributed by atoms with Crippen molar-refractivity contribution in [3.05, 3.63) is 0 Å². The second-order valence-corrected chi connectivity index (χ2v) is 4.57. The number of amides is 3. The number of nitrogens with zero attached hydrogens (tertiary/aromatic N) is 1. The van der Waals surface area contributed by atoms with Crippen LogP contribution in [0.2, 0.25) is 0 Å². The highest BCUT2D eigenvalue weighted by Gasteiger charge is 2.32. The molecule has 2 N–H and O–H groups in total. The summed E-state index contributed by atoms with van der Waals surface area (Å²) < 4.78 is 0. The number of hydrogen-bond acceptors (Lipinski definition) is 4. The lowest BCUT2D eigenvalue weighted by molar-refractivity contribution is -0.138. The summed E-state index contributed by atoms with van der Waals surface area (Å²) >= 11 is 0. The Bertz CT molecular complexity index is 346. The Labute approximate surface area is 135 Å². The molecular weight excluding hydrogens is 282 g/mol. The molecule has 6 heteroatoms. The van der Waals surface area contributed by atoms with Crippen LogP contribution in [0, 0.1) is 5.92 Å². The largest absolute Gasteiger partial charge is 0.359 e. The molecule has 1 fully saturated rings. The van der Waals surface area contributed by atoms with E-state index in [4.69, 9.17) is 0 Å². The fourth-order valence-electron chi connectivity index (χ4n) is 2.19. The summed E-state index contributed by atoms with van der Waals surface area (Å²) in [6.07, 6.45) is 0.889. The molecule has 1 heterocycles. The predicted octanol–water partition coefficient (Wildman–Crippen LogP) is 1.55. The lowest BCUT2D eigenvalue weighted by atomic mass is 10.0. The molecule has 0 spiro atoms. The minimum atomic E-state index is -0.306. The Morgan fingerprint density at radius 1 is 1.32 bits per heavy atom. The fraction of sp³-hybridized carbons (Fsp3) is 0.812. The van der Waals surface area contributed by atoms with E-state index >= 15 is 0 Å². The first-order valence-electron chi connectivity index (χ1n) is 8.28. The lowest BCUT2D eigenvalue weighted by Crippen LogP contribution is -2.54. The van der Waals surface area contributed by atoms with Crippen molar-refractivity contribution in [2.75, 3.05) is 20.1 Å². The van der Waals surface area contributed by atoms with Crippen molar-refractivity contribution in [3.8, 4) is 0 Å². The van der Waals surface area contributed by atoms with Crippen LogP contribution in [0.5, 0.6) is 0 Å². The molecule has 1 rings (SSSR count). The third-order valence-corrected chi connectivity index (χ3v) is 3.26. The zero-order valence-electron chi connectivity index (χ0n) is 15.2. The number of carbonyl (C=O) groups is 3. The maximum Gasteiger partial charge on any atom is 0.243 e. The lowest BCUT2D eigenvalue weighted by Gasteiger charge is -2.33. The van der Waals surface area contributed by atoms with Crippen molar-refractivity contribution >= 4 is 17.7 Å². The van der Waals surface area contributed by atoms with Crippen LogP contribution in [-0.2, 0) is 14.4 Å². The predicted molar refractivity (Wildman–Crippen MR) is 89.3 cm³/mol. The molecule has 0 radical (unpaired) electrons. The maximum absolute atomic E-state index is 11.8. The van der Waals surface area contributed by atoms with Crippen molar-refractivity contribution in [3.63, 3.8) is 0 Å². The molecule has 0 aromatic rings. The van der Waals surface area contributed by atoms with Crippen LogP contribution in [0.3, 0.4) is 0 Å². The molecule has 2 unspecified atom stereocenters. The molecule has 0 saturated carbocycles. The highest BCUT2D eigenvalue weighted by molar-refractivity contribution is 6.00. The van der Waals surface area contributed by atoms with Crippen LogP contribution in [-0.4, -0.2) is 48.8 Å². The SMILES string of the molecule is CC.CC.CCN(CC(C)C(=O)NC)C1CCC(=O)NC1=O. The topological polar surface area (TPSA) is 78.5 Å². The summed E-state index contributed by atoms with van der Waals surface area (Å²) in [5, 5.41) is 4.94. The highest BCUT2D eigenvalue weighted by atomic mass is 16.2. The van der Waals surface area contributed by atoms with Gasteiger partial charge in [-0.1, -0.05) is 41.5 Å². The molecule has 1 saturated heterocycles. The van der Waals surface area contributed by atoms with Crippen molar-refractivity contribution < 1.29 is 14.4 Å². The number of carbonyl (C=O) groups excluding carboxylic acids is 3. The first-order chi connectivity index (χ1) is 10.5. The molecule has 6 nitrogen and oxygen atoms in total. The van der Waals surface area contributed by atoms with Gasteiger partial charge >= 0.3 is 0 Å². The zero-order chi connectivity index (χ0) is 17.7. The van der Waals surface area contributed by atoms with E-state index in [1.807, 2.05) is 46.4 Å². The van der Waals surface area contributed by atoms with Crippen molar-refractivity contribution in [1.82, 2.24) is 15.5 Å². The molecule has 130 valence electrons. The van der Waals surface area contributed by atoms with E-state index in [2.05, 4.69) is 10.6 Å². The standard InChI is InChI=1S/C12H21N3O3.2C2H6/c1-4-15(7-8(2)11(17)13-3)9-5-6-10(16)14-12(9)18;2*1-2/h8-9H,4-7H2,1-3H3,(H,13,17)(H,14,16,18);2*1-2H3. The van der Waals surface area contributed by atoms with E-state index in [9.17, 15) is 14.4 Å². The van der Waals surface area contributed by atoms with Crippen molar-refractivity contribution in [2.24, 2.45) is 5.92 Å². The monoisotopic (exact) mass is 315 g/mol. The molecular formula is C16H33N3O3. The minimum absolute atomic E-state index is 0.0410. The second-order valence-electron chi connectivity index (χ2n) is 4.57. The highest BCUT2D eigenvalue weighted by Crippen LogP contribution is 2.14. The smallest absolute Gasteiger partial charge is 0.243 e. The molecule has 0 aliphatic carbocycles. The first kappa shape index (κ1) is 22.8. The quantitative estimate of drug-likeness (QED) is 0.755. The molecule has 1 aliphatic heterocycles. The number of piperidine rings is 1. The molecule has 1 aliphatic rings. The van der Waals surface area contributed by atoms with E-state index in [0.29, 0.717) is 25.9 Å². The minimum Gasteiger partial charge on any atom is -0.359 e. The molecule has 3 amide bonds. The van der Waals surface area contributed by atoms with Gasteiger partial charge in [-0.3, -0.25) is 24.6 Å². The average molecular weight is 315 g/mol. The van der Waals surface area contributed by atoms with Crippen molar-refractivity contribution in [1.29, 1.82) is 0 Å². The van der Waals surface area contributed by atoms with Crippen LogP contribution in [0.25, 0.3) is 0 Å². The molecule has 22 heavy (non-hydrogen) atoms. The van der Waals surface area contributed by atoms with Gasteiger partial charge in [-0.05, 0) is 13.0 Å². The number of likely N-dealkylation sites (N-methyl/N-ethyl adjacent to an activating group) is 1. The van der Waals surface area contributed by atoms with Gasteiger partial charge in [-0.2, -0.15) is 0 Å². The van der Waals surface area contributed by atoms with Crippen LogP contribution >= 0.6 is 0 Å². The summed E-state index contributed by atoms with van der Waals surface area (Å²) in [6, 6.07) is -0.306. The van der Waals surface area contributed by atoms with E-state index in [0.717, 1.165) is 0 Å². The number of rotatable bonds is 5. The second kappa shape index (κ2) is 13.2. The van der Waals surface area contributed by atoms with Crippen LogP contribution in [0.4, 0.5) is 0 Å². The zero-order valence-corrected chi connectivity index (χ0v) is 15.2. The van der Waals surface area contributed by atoms with E-state index < -0.39 is 0 Å². The van der Waals surface area contributed by atoms with Gasteiger partial charge in [-0.25, -0.2) is 0 Å². The van der Waals surface area contributed by atoms with Crippen molar-refractivity contribution in [2.45, 2.75) is 60.4 Å². The molecule has 0 aromatic carbocycles. The van der Waals surface area contributed by atoms with Gasteiger partial charge in [0, 0.05) is 25.9 Å². The number of hydrogen-bond donors (Lipinski definition) is 2. The summed E-state index contributed by atoms with van der Waals surface area (Å²) in [4.78, 5) is 36.3. The third kappa shape index (κ3) is 7.54. The Hall–Kier alpha value is -1.43. The van der Waals surface area contributed by atoms with E-state index in [1.165, 1.54) is 0 Å². The van der Waals surface area contributed by atoms with Crippen LogP contribution < -0.4 is 10.6 Å². The van der Waals surface area contributed by atoms with Gasteiger partial charge in [0.25, 0.3) is 0 Å². The number of imide groups is 1. The van der Waals surface area contributed by atoms with Gasteiger partial charge in [0.05, 0.1) is 6.04 Å². The Kier molecular flexibility index (Phi) is 13.8. The van der Waals surface area contributed by atoms with Gasteiger partial charge in [0.2, 0.25) is 17.7 Å². The summed E-state index contributed by atoms with van der Waals surface area (Å²) in [5.74, 6) is -0.690. The summed E-state index contributed by atoms with van der Waals surface area (Å²) in [7, 11) is 1.60. The van der Waals surface area contributed by atoms with Crippen LogP contribution in [0.1, 0.15) is 54.4 Å². The van der Waals surface area contributed by atoms with Gasteiger partial charge < -0.3 is 5.32 Å². The Morgan fingerprint density at radius 3 is 2.27 bits per heavy atom. The van der Waals surface area contributed by atoms with Crippen LogP contribution in [0.15, 0.2) is 0 Å². The Morgan fingerprint density at radius 2 is 1.86 bits per heavy atom. The maximum atomic E-state index is 11.8. The molecule has 0 bridgehead atoms. The van der Waals surface area contributed by atoms with E-state index in [-0.39, 0.29) is 29.7 Å². The number of nitrogens with one attached hydrogen (secondary N) is 2. The normalized spacial score (nSPS) is 18.3. The molecule has 0 aromatic heterocycles. The summed E-state index contributed by atoms with van der Waals surface area (Å²) in [5.41, 5.74) is 0. The Balaban J connectivity index is 0.